The minimum atomic E-state index is -0.446. The first kappa shape index (κ1) is 22.3. The molecule has 3 aromatic rings. The smallest absolute Gasteiger partial charge is 0.278 e. The average Bonchev–Trinajstić information content (AvgIpc) is 2.73. The number of hydrogen-bond donors (Lipinski definition) is 3. The molecule has 160 valence electrons. The van der Waals surface area contributed by atoms with Crippen LogP contribution in [0.1, 0.15) is 23.0 Å². The van der Waals surface area contributed by atoms with Crippen LogP contribution in [0, 0.1) is 0 Å². The number of anilines is 2. The molecule has 0 spiro atoms. The maximum atomic E-state index is 12.7. The second-order valence-electron chi connectivity index (χ2n) is 7.16. The van der Waals surface area contributed by atoms with Gasteiger partial charge in [0.05, 0.1) is 11.9 Å². The molecule has 31 heavy (non-hydrogen) atoms. The van der Waals surface area contributed by atoms with E-state index in [1.807, 2.05) is 38.4 Å². The summed E-state index contributed by atoms with van der Waals surface area (Å²) < 4.78 is 2.64. The Kier molecular flexibility index (Phi) is 7.22. The Morgan fingerprint density at radius 3 is 2.35 bits per heavy atom. The van der Waals surface area contributed by atoms with Gasteiger partial charge in [-0.2, -0.15) is 0 Å². The molecule has 9 heteroatoms. The topological polar surface area (TPSA) is 113 Å². The highest BCUT2D eigenvalue weighted by atomic mass is 32.2. The Bertz CT molecular complexity index is 1070. The Morgan fingerprint density at radius 1 is 1.06 bits per heavy atom. The van der Waals surface area contributed by atoms with Crippen LogP contribution in [0.2, 0.25) is 0 Å². The Hall–Kier alpha value is -3.43. The number of nitrogen functional groups attached to an aromatic ring is 1. The molecule has 0 unspecified atom stereocenters. The number of rotatable bonds is 7. The monoisotopic (exact) mass is 436 g/mol. The third kappa shape index (κ3) is 6.27. The lowest BCUT2D eigenvalue weighted by atomic mass is 10.1. The lowest BCUT2D eigenvalue weighted by Gasteiger charge is -2.11. The molecule has 2 aromatic carbocycles. The van der Waals surface area contributed by atoms with Crippen LogP contribution in [0.5, 0.6) is 0 Å². The summed E-state index contributed by atoms with van der Waals surface area (Å²) in [5, 5.41) is 2.78. The number of nitrogens with zero attached hydrogens (tertiary/aromatic N) is 3. The highest BCUT2D eigenvalue weighted by Gasteiger charge is 2.15. The van der Waals surface area contributed by atoms with Crippen molar-refractivity contribution in [3.63, 3.8) is 0 Å². The summed E-state index contributed by atoms with van der Waals surface area (Å²) in [7, 11) is 4.03. The lowest BCUT2D eigenvalue weighted by Crippen LogP contribution is -2.17. The second-order valence-corrected chi connectivity index (χ2v) is 8.04. The standard InChI is InChI=1S/C22H24N6O2S/c1-14(29)27-31-18-10-8-17(9-11-18)25-22(30)20-21(23)24-12-19(26-20)16-6-4-15(5-7-16)13-28(2)3/h4-12H,13H2,1-3H3,(H2,23,24)(H,25,30)(H,27,29). The predicted molar refractivity (Wildman–Crippen MR) is 123 cm³/mol. The van der Waals surface area contributed by atoms with E-state index in [-0.39, 0.29) is 17.4 Å². The van der Waals surface area contributed by atoms with E-state index >= 15 is 0 Å². The summed E-state index contributed by atoms with van der Waals surface area (Å²) in [6, 6.07) is 15.0. The molecule has 0 aliphatic carbocycles. The maximum absolute atomic E-state index is 12.7. The van der Waals surface area contributed by atoms with Crippen LogP contribution in [0.15, 0.2) is 59.6 Å². The summed E-state index contributed by atoms with van der Waals surface area (Å²) in [4.78, 5) is 35.2. The number of nitrogens with two attached hydrogens (primary N) is 1. The van der Waals surface area contributed by atoms with Gasteiger partial charge >= 0.3 is 0 Å². The molecule has 0 aliphatic rings. The van der Waals surface area contributed by atoms with E-state index in [1.54, 1.807) is 30.5 Å². The minimum Gasteiger partial charge on any atom is -0.382 e. The van der Waals surface area contributed by atoms with Gasteiger partial charge in [0, 0.05) is 29.6 Å². The fraction of sp³-hybridized carbons (Fsp3) is 0.182. The van der Waals surface area contributed by atoms with Gasteiger partial charge in [0.1, 0.15) is 0 Å². The third-order valence-corrected chi connectivity index (χ3v) is 5.09. The van der Waals surface area contributed by atoms with Crippen molar-refractivity contribution < 1.29 is 9.59 Å². The zero-order valence-corrected chi connectivity index (χ0v) is 18.4. The van der Waals surface area contributed by atoms with E-state index in [9.17, 15) is 9.59 Å². The van der Waals surface area contributed by atoms with Gasteiger partial charge in [0.2, 0.25) is 5.91 Å². The molecule has 1 aromatic heterocycles. The number of carbonyl (C=O) groups is 2. The maximum Gasteiger partial charge on any atom is 0.278 e. The molecule has 0 radical (unpaired) electrons. The molecule has 0 saturated heterocycles. The SMILES string of the molecule is CC(=O)NSc1ccc(NC(=O)c2nc(-c3ccc(CN(C)C)cc3)cnc2N)cc1. The summed E-state index contributed by atoms with van der Waals surface area (Å²) in [6.45, 7) is 2.28. The Labute approximate surface area is 185 Å². The minimum absolute atomic E-state index is 0.0586. The van der Waals surface area contributed by atoms with Crippen LogP contribution in [0.3, 0.4) is 0 Å². The Morgan fingerprint density at radius 2 is 1.74 bits per heavy atom. The first-order valence-corrected chi connectivity index (χ1v) is 10.3. The molecule has 0 atom stereocenters. The number of amides is 2. The van der Waals surface area contributed by atoms with Crippen LogP contribution >= 0.6 is 11.9 Å². The largest absolute Gasteiger partial charge is 0.382 e. The fourth-order valence-electron chi connectivity index (χ4n) is 2.78. The first-order chi connectivity index (χ1) is 14.8. The highest BCUT2D eigenvalue weighted by molar-refractivity contribution is 7.98. The number of carbonyl (C=O) groups excluding carboxylic acids is 2. The van der Waals surface area contributed by atoms with Crippen molar-refractivity contribution in [1.29, 1.82) is 0 Å². The van der Waals surface area contributed by atoms with Crippen molar-refractivity contribution in [3.8, 4) is 11.3 Å². The van der Waals surface area contributed by atoms with E-state index in [2.05, 4.69) is 24.9 Å². The normalized spacial score (nSPS) is 10.7. The van der Waals surface area contributed by atoms with E-state index in [1.165, 1.54) is 24.4 Å². The van der Waals surface area contributed by atoms with Crippen LogP contribution in [0.25, 0.3) is 11.3 Å². The molecular weight excluding hydrogens is 412 g/mol. The van der Waals surface area contributed by atoms with E-state index in [4.69, 9.17) is 5.73 Å². The molecule has 2 amide bonds. The molecular formula is C22H24N6O2S. The van der Waals surface area contributed by atoms with Gasteiger partial charge in [-0.1, -0.05) is 24.3 Å². The molecule has 8 nitrogen and oxygen atoms in total. The van der Waals surface area contributed by atoms with Crippen molar-refractivity contribution in [3.05, 3.63) is 66.0 Å². The number of hydrogen-bond acceptors (Lipinski definition) is 7. The van der Waals surface area contributed by atoms with Gasteiger partial charge < -0.3 is 16.0 Å². The summed E-state index contributed by atoms with van der Waals surface area (Å²) in [6.07, 6.45) is 1.56. The van der Waals surface area contributed by atoms with Crippen molar-refractivity contribution >= 4 is 35.3 Å². The summed E-state index contributed by atoms with van der Waals surface area (Å²) in [5.74, 6) is -0.523. The third-order valence-electron chi connectivity index (χ3n) is 4.19. The summed E-state index contributed by atoms with van der Waals surface area (Å²) >= 11 is 1.20. The number of aromatic nitrogens is 2. The zero-order valence-electron chi connectivity index (χ0n) is 17.5. The van der Waals surface area contributed by atoms with E-state index in [0.29, 0.717) is 11.4 Å². The van der Waals surface area contributed by atoms with Gasteiger partial charge in [0.25, 0.3) is 5.91 Å². The number of benzene rings is 2. The lowest BCUT2D eigenvalue weighted by molar-refractivity contribution is -0.117. The van der Waals surface area contributed by atoms with Crippen LogP contribution in [-0.4, -0.2) is 40.8 Å². The number of nitrogens with one attached hydrogen (secondary N) is 2. The zero-order chi connectivity index (χ0) is 22.4. The van der Waals surface area contributed by atoms with Crippen molar-refractivity contribution in [1.82, 2.24) is 19.6 Å². The van der Waals surface area contributed by atoms with Gasteiger partial charge in [-0.05, 0) is 55.9 Å². The molecule has 0 bridgehead atoms. The molecule has 0 fully saturated rings. The highest BCUT2D eigenvalue weighted by Crippen LogP contribution is 2.21. The molecule has 0 aliphatic heterocycles. The van der Waals surface area contributed by atoms with Crippen LogP contribution < -0.4 is 15.8 Å². The van der Waals surface area contributed by atoms with E-state index < -0.39 is 5.91 Å². The first-order valence-electron chi connectivity index (χ1n) is 9.53. The molecule has 1 heterocycles. The predicted octanol–water partition coefficient (Wildman–Crippen LogP) is 3.18. The van der Waals surface area contributed by atoms with Gasteiger partial charge in [-0.25, -0.2) is 9.97 Å². The second kappa shape index (κ2) is 10.1. The summed E-state index contributed by atoms with van der Waals surface area (Å²) in [5.41, 5.74) is 9.15. The average molecular weight is 437 g/mol. The van der Waals surface area contributed by atoms with Gasteiger partial charge in [-0.15, -0.1) is 0 Å². The van der Waals surface area contributed by atoms with Crippen molar-refractivity contribution in [2.45, 2.75) is 18.4 Å². The van der Waals surface area contributed by atoms with Crippen LogP contribution in [0.4, 0.5) is 11.5 Å². The van der Waals surface area contributed by atoms with Crippen molar-refractivity contribution in [2.75, 3.05) is 25.1 Å². The molecule has 3 rings (SSSR count). The van der Waals surface area contributed by atoms with E-state index in [0.717, 1.165) is 17.0 Å². The fourth-order valence-corrected chi connectivity index (χ4v) is 3.31. The van der Waals surface area contributed by atoms with Crippen LogP contribution in [-0.2, 0) is 11.3 Å². The Balaban J connectivity index is 1.73. The van der Waals surface area contributed by atoms with Gasteiger partial charge in [0.15, 0.2) is 11.5 Å². The van der Waals surface area contributed by atoms with Gasteiger partial charge in [-0.3, -0.25) is 14.3 Å². The quantitative estimate of drug-likeness (QED) is 0.488. The van der Waals surface area contributed by atoms with Crippen molar-refractivity contribution in [2.24, 2.45) is 0 Å². The molecule has 0 saturated carbocycles. The molecule has 4 N–H and O–H groups in total.